The standard InChI is InChI=1S/C22H23FN2O6S/c1-13(21(27)25-17-7-8-18-19(11-17)30-10-9-29-18)31-22(28)14(2)32-12-20(26)24-16-5-3-15(23)4-6-16/h3-8,11,13-14H,9-10,12H2,1-2H3,(H,24,26)(H,25,27). The van der Waals surface area contributed by atoms with Gasteiger partial charge in [-0.1, -0.05) is 0 Å². The number of rotatable bonds is 8. The van der Waals surface area contributed by atoms with Gasteiger partial charge >= 0.3 is 5.97 Å². The summed E-state index contributed by atoms with van der Waals surface area (Å²) in [5.74, 6) is -0.737. The molecule has 2 aromatic rings. The second-order valence-corrected chi connectivity index (χ2v) is 8.26. The monoisotopic (exact) mass is 462 g/mol. The van der Waals surface area contributed by atoms with E-state index in [2.05, 4.69) is 10.6 Å². The van der Waals surface area contributed by atoms with Gasteiger partial charge in [0.15, 0.2) is 17.6 Å². The number of benzene rings is 2. The predicted molar refractivity (Wildman–Crippen MR) is 119 cm³/mol. The summed E-state index contributed by atoms with van der Waals surface area (Å²) >= 11 is 1.07. The maximum Gasteiger partial charge on any atom is 0.319 e. The maximum atomic E-state index is 12.9. The van der Waals surface area contributed by atoms with Crippen molar-refractivity contribution in [1.82, 2.24) is 0 Å². The second-order valence-electron chi connectivity index (χ2n) is 6.94. The van der Waals surface area contributed by atoms with Crippen LogP contribution in [0.15, 0.2) is 42.5 Å². The molecule has 0 saturated carbocycles. The molecule has 0 fully saturated rings. The van der Waals surface area contributed by atoms with Crippen molar-refractivity contribution < 1.29 is 33.0 Å². The number of anilines is 2. The Balaban J connectivity index is 1.43. The van der Waals surface area contributed by atoms with Gasteiger partial charge in [0.1, 0.15) is 24.3 Å². The Bertz CT molecular complexity index is 985. The van der Waals surface area contributed by atoms with Gasteiger partial charge in [-0.3, -0.25) is 14.4 Å². The van der Waals surface area contributed by atoms with Crippen LogP contribution >= 0.6 is 11.8 Å². The minimum Gasteiger partial charge on any atom is -0.486 e. The third-order valence-corrected chi connectivity index (χ3v) is 5.52. The normalized spacial score (nSPS) is 14.1. The fourth-order valence-electron chi connectivity index (χ4n) is 2.69. The van der Waals surface area contributed by atoms with Crippen LogP contribution < -0.4 is 20.1 Å². The molecule has 0 bridgehead atoms. The number of esters is 1. The summed E-state index contributed by atoms with van der Waals surface area (Å²) < 4.78 is 29.0. The molecule has 170 valence electrons. The first-order valence-electron chi connectivity index (χ1n) is 9.90. The molecular formula is C22H23FN2O6S. The predicted octanol–water partition coefficient (Wildman–Crippen LogP) is 3.23. The van der Waals surface area contributed by atoms with Gasteiger partial charge in [-0.25, -0.2) is 4.39 Å². The van der Waals surface area contributed by atoms with Crippen molar-refractivity contribution >= 4 is 40.9 Å². The van der Waals surface area contributed by atoms with Crippen molar-refractivity contribution in [2.75, 3.05) is 29.6 Å². The Labute approximate surface area is 188 Å². The quantitative estimate of drug-likeness (QED) is 0.581. The molecule has 2 unspecified atom stereocenters. The van der Waals surface area contributed by atoms with Crippen molar-refractivity contribution in [1.29, 1.82) is 0 Å². The van der Waals surface area contributed by atoms with Gasteiger partial charge in [0.2, 0.25) is 5.91 Å². The summed E-state index contributed by atoms with van der Waals surface area (Å²) in [4.78, 5) is 36.7. The van der Waals surface area contributed by atoms with E-state index in [0.717, 1.165) is 11.8 Å². The van der Waals surface area contributed by atoms with E-state index in [1.165, 1.54) is 31.2 Å². The van der Waals surface area contributed by atoms with Crippen molar-refractivity contribution in [2.45, 2.75) is 25.2 Å². The number of hydrogen-bond acceptors (Lipinski definition) is 7. The highest BCUT2D eigenvalue weighted by molar-refractivity contribution is 8.01. The fourth-order valence-corrected chi connectivity index (χ4v) is 3.35. The molecular weight excluding hydrogens is 439 g/mol. The van der Waals surface area contributed by atoms with Crippen LogP contribution in [0, 0.1) is 5.82 Å². The number of ether oxygens (including phenoxy) is 3. The lowest BCUT2D eigenvalue weighted by Gasteiger charge is -2.20. The zero-order chi connectivity index (χ0) is 23.1. The van der Waals surface area contributed by atoms with Crippen LogP contribution in [-0.2, 0) is 19.1 Å². The lowest BCUT2D eigenvalue weighted by molar-refractivity contribution is -0.152. The van der Waals surface area contributed by atoms with Crippen LogP contribution in [0.4, 0.5) is 15.8 Å². The molecule has 2 atom stereocenters. The van der Waals surface area contributed by atoms with Gasteiger partial charge in [-0.2, -0.15) is 0 Å². The molecule has 1 aliphatic rings. The Kier molecular flexibility index (Phi) is 7.93. The maximum absolute atomic E-state index is 12.9. The average Bonchev–Trinajstić information content (AvgIpc) is 2.78. The smallest absolute Gasteiger partial charge is 0.319 e. The van der Waals surface area contributed by atoms with Crippen molar-refractivity contribution in [3.63, 3.8) is 0 Å². The zero-order valence-electron chi connectivity index (χ0n) is 17.6. The van der Waals surface area contributed by atoms with E-state index in [0.29, 0.717) is 36.1 Å². The Morgan fingerprint density at radius 1 is 1.00 bits per heavy atom. The number of hydrogen-bond donors (Lipinski definition) is 2. The number of fused-ring (bicyclic) bond motifs is 1. The average molecular weight is 462 g/mol. The van der Waals surface area contributed by atoms with Gasteiger partial charge in [-0.05, 0) is 50.2 Å². The molecule has 0 aliphatic carbocycles. The molecule has 0 aromatic heterocycles. The topological polar surface area (TPSA) is 103 Å². The molecule has 0 saturated heterocycles. The van der Waals surface area contributed by atoms with Crippen LogP contribution in [0.1, 0.15) is 13.8 Å². The Morgan fingerprint density at radius 2 is 1.66 bits per heavy atom. The molecule has 1 aliphatic heterocycles. The third-order valence-electron chi connectivity index (χ3n) is 4.40. The van der Waals surface area contributed by atoms with E-state index in [-0.39, 0.29) is 11.7 Å². The number of thioether (sulfide) groups is 1. The Hall–Kier alpha value is -3.27. The molecule has 0 radical (unpaired) electrons. The van der Waals surface area contributed by atoms with Crippen LogP contribution in [0.5, 0.6) is 11.5 Å². The largest absolute Gasteiger partial charge is 0.486 e. The van der Waals surface area contributed by atoms with Gasteiger partial charge in [0.25, 0.3) is 5.91 Å². The SMILES string of the molecule is CC(OC(=O)C(C)SCC(=O)Nc1ccc(F)cc1)C(=O)Nc1ccc2c(c1)OCCO2. The second kappa shape index (κ2) is 10.9. The number of amides is 2. The summed E-state index contributed by atoms with van der Waals surface area (Å²) in [6.45, 7) is 3.94. The number of carbonyl (C=O) groups excluding carboxylic acids is 3. The van der Waals surface area contributed by atoms with E-state index >= 15 is 0 Å². The van der Waals surface area contributed by atoms with E-state index < -0.39 is 29.0 Å². The van der Waals surface area contributed by atoms with Crippen molar-refractivity contribution in [3.05, 3.63) is 48.3 Å². The van der Waals surface area contributed by atoms with Crippen molar-refractivity contribution in [2.24, 2.45) is 0 Å². The lowest BCUT2D eigenvalue weighted by atomic mass is 10.2. The molecule has 0 spiro atoms. The van der Waals surface area contributed by atoms with E-state index in [1.54, 1.807) is 25.1 Å². The molecule has 2 amide bonds. The summed E-state index contributed by atoms with van der Waals surface area (Å²) in [5.41, 5.74) is 0.943. The molecule has 3 rings (SSSR count). The molecule has 8 nitrogen and oxygen atoms in total. The summed E-state index contributed by atoms with van der Waals surface area (Å²) in [6.07, 6.45) is -1.04. The van der Waals surface area contributed by atoms with Crippen LogP contribution in [0.25, 0.3) is 0 Å². The van der Waals surface area contributed by atoms with Crippen LogP contribution in [0.2, 0.25) is 0 Å². The minimum atomic E-state index is -1.04. The highest BCUT2D eigenvalue weighted by Crippen LogP contribution is 2.32. The van der Waals surface area contributed by atoms with E-state index in [9.17, 15) is 18.8 Å². The third kappa shape index (κ3) is 6.61. The van der Waals surface area contributed by atoms with Gasteiger partial charge < -0.3 is 24.8 Å². The zero-order valence-corrected chi connectivity index (χ0v) is 18.4. The first-order chi connectivity index (χ1) is 15.3. The molecule has 1 heterocycles. The van der Waals surface area contributed by atoms with Gasteiger partial charge in [0.05, 0.1) is 5.75 Å². The fraction of sp³-hybridized carbons (Fsp3) is 0.318. The van der Waals surface area contributed by atoms with E-state index in [4.69, 9.17) is 14.2 Å². The number of carbonyl (C=O) groups is 3. The molecule has 2 N–H and O–H groups in total. The van der Waals surface area contributed by atoms with Gasteiger partial charge in [0, 0.05) is 17.4 Å². The first-order valence-corrected chi connectivity index (χ1v) is 10.9. The van der Waals surface area contributed by atoms with Crippen molar-refractivity contribution in [3.8, 4) is 11.5 Å². The minimum absolute atomic E-state index is 0.00851. The van der Waals surface area contributed by atoms with Crippen LogP contribution in [-0.4, -0.2) is 48.1 Å². The summed E-state index contributed by atoms with van der Waals surface area (Å²) in [5, 5.41) is 4.61. The molecule has 2 aromatic carbocycles. The van der Waals surface area contributed by atoms with E-state index in [1.807, 2.05) is 0 Å². The lowest BCUT2D eigenvalue weighted by Crippen LogP contribution is -2.33. The number of halogens is 1. The first kappa shape index (κ1) is 23.4. The highest BCUT2D eigenvalue weighted by atomic mass is 32.2. The summed E-state index contributed by atoms with van der Waals surface area (Å²) in [6, 6.07) is 10.4. The van der Waals surface area contributed by atoms with Crippen LogP contribution in [0.3, 0.4) is 0 Å². The summed E-state index contributed by atoms with van der Waals surface area (Å²) in [7, 11) is 0. The molecule has 10 heteroatoms. The Morgan fingerprint density at radius 3 is 2.38 bits per heavy atom. The number of nitrogens with one attached hydrogen (secondary N) is 2. The highest BCUT2D eigenvalue weighted by Gasteiger charge is 2.23. The molecule has 32 heavy (non-hydrogen) atoms. The van der Waals surface area contributed by atoms with Gasteiger partial charge in [-0.15, -0.1) is 11.8 Å².